The molecule has 3 rings (SSSR count). The van der Waals surface area contributed by atoms with E-state index in [-0.39, 0.29) is 11.6 Å². The summed E-state index contributed by atoms with van der Waals surface area (Å²) in [6.07, 6.45) is 2.46. The van der Waals surface area contributed by atoms with Crippen LogP contribution < -0.4 is 5.32 Å². The highest BCUT2D eigenvalue weighted by Crippen LogP contribution is 2.44. The van der Waals surface area contributed by atoms with E-state index in [0.29, 0.717) is 24.3 Å². The molecule has 1 aliphatic heterocycles. The summed E-state index contributed by atoms with van der Waals surface area (Å²) in [6.45, 7) is 5.28. The van der Waals surface area contributed by atoms with Gasteiger partial charge in [0.1, 0.15) is 0 Å². The summed E-state index contributed by atoms with van der Waals surface area (Å²) in [5.41, 5.74) is 2.26. The SMILES string of the molecule is CCOC(Cn1cc(C(=O)Nc2cccc(C3SCCCS3)c2)nn1)OCC. The zero-order valence-corrected chi connectivity index (χ0v) is 17.8. The van der Waals surface area contributed by atoms with Crippen molar-refractivity contribution < 1.29 is 14.3 Å². The largest absolute Gasteiger partial charge is 0.351 e. The molecule has 0 atom stereocenters. The third kappa shape index (κ3) is 5.97. The van der Waals surface area contributed by atoms with Crippen LogP contribution >= 0.6 is 23.5 Å². The zero-order valence-electron chi connectivity index (χ0n) is 16.2. The molecule has 1 saturated heterocycles. The Morgan fingerprint density at radius 3 is 2.75 bits per heavy atom. The van der Waals surface area contributed by atoms with E-state index in [1.807, 2.05) is 55.6 Å². The van der Waals surface area contributed by atoms with Crippen LogP contribution in [0.15, 0.2) is 30.5 Å². The number of nitrogens with one attached hydrogen (secondary N) is 1. The Morgan fingerprint density at radius 2 is 2.04 bits per heavy atom. The summed E-state index contributed by atoms with van der Waals surface area (Å²) >= 11 is 3.92. The fourth-order valence-electron chi connectivity index (χ4n) is 2.81. The topological polar surface area (TPSA) is 78.3 Å². The molecule has 0 unspecified atom stereocenters. The van der Waals surface area contributed by atoms with Crippen molar-refractivity contribution in [1.82, 2.24) is 15.0 Å². The molecule has 1 amide bonds. The second-order valence-corrected chi connectivity index (χ2v) is 8.90. The molecule has 1 fully saturated rings. The van der Waals surface area contributed by atoms with Gasteiger partial charge < -0.3 is 14.8 Å². The number of ether oxygens (including phenoxy) is 2. The predicted molar refractivity (Wildman–Crippen MR) is 114 cm³/mol. The van der Waals surface area contributed by atoms with Crippen LogP contribution in [0.2, 0.25) is 0 Å². The highest BCUT2D eigenvalue weighted by molar-refractivity contribution is 8.16. The van der Waals surface area contributed by atoms with Crippen molar-refractivity contribution in [2.45, 2.75) is 37.7 Å². The molecule has 7 nitrogen and oxygen atoms in total. The Labute approximate surface area is 173 Å². The summed E-state index contributed by atoms with van der Waals surface area (Å²) in [5.74, 6) is 2.08. The van der Waals surface area contributed by atoms with Gasteiger partial charge >= 0.3 is 0 Å². The highest BCUT2D eigenvalue weighted by atomic mass is 32.2. The molecule has 2 aromatic rings. The molecule has 1 aromatic heterocycles. The minimum Gasteiger partial charge on any atom is -0.351 e. The Morgan fingerprint density at radius 1 is 1.29 bits per heavy atom. The number of rotatable bonds is 9. The first-order chi connectivity index (χ1) is 13.7. The van der Waals surface area contributed by atoms with Crippen molar-refractivity contribution in [3.05, 3.63) is 41.7 Å². The molecule has 1 N–H and O–H groups in total. The van der Waals surface area contributed by atoms with E-state index in [9.17, 15) is 4.79 Å². The Bertz CT molecular complexity index is 759. The number of hydrogen-bond acceptors (Lipinski definition) is 7. The van der Waals surface area contributed by atoms with Crippen molar-refractivity contribution in [3.63, 3.8) is 0 Å². The number of nitrogens with zero attached hydrogens (tertiary/aromatic N) is 3. The number of thioether (sulfide) groups is 2. The lowest BCUT2D eigenvalue weighted by atomic mass is 10.2. The van der Waals surface area contributed by atoms with Gasteiger partial charge in [0.05, 0.1) is 17.3 Å². The molecule has 28 heavy (non-hydrogen) atoms. The number of carbonyl (C=O) groups excluding carboxylic acids is 1. The molecular weight excluding hydrogens is 396 g/mol. The Kier molecular flexibility index (Phi) is 8.20. The van der Waals surface area contributed by atoms with E-state index in [1.165, 1.54) is 23.5 Å². The van der Waals surface area contributed by atoms with Gasteiger partial charge in [0.25, 0.3) is 5.91 Å². The maximum Gasteiger partial charge on any atom is 0.277 e. The number of aromatic nitrogens is 3. The average Bonchev–Trinajstić information content (AvgIpc) is 3.18. The molecular formula is C19H26N4O3S2. The van der Waals surface area contributed by atoms with Gasteiger partial charge in [-0.15, -0.1) is 28.6 Å². The summed E-state index contributed by atoms with van der Waals surface area (Å²) in [6, 6.07) is 8.03. The minimum absolute atomic E-state index is 0.263. The van der Waals surface area contributed by atoms with Crippen LogP contribution in [0, 0.1) is 0 Å². The van der Waals surface area contributed by atoms with Gasteiger partial charge in [0.2, 0.25) is 0 Å². The first-order valence-corrected chi connectivity index (χ1v) is 11.6. The number of benzene rings is 1. The normalized spacial score (nSPS) is 15.1. The van der Waals surface area contributed by atoms with Crippen molar-refractivity contribution in [1.29, 1.82) is 0 Å². The maximum atomic E-state index is 12.6. The van der Waals surface area contributed by atoms with Crippen LogP contribution in [0.1, 0.15) is 40.9 Å². The molecule has 0 bridgehead atoms. The quantitative estimate of drug-likeness (QED) is 0.616. The summed E-state index contributed by atoms with van der Waals surface area (Å²) in [7, 11) is 0. The van der Waals surface area contributed by atoms with Crippen LogP contribution in [0.3, 0.4) is 0 Å². The third-order valence-corrected chi connectivity index (χ3v) is 7.07. The fraction of sp³-hybridized carbons (Fsp3) is 0.526. The van der Waals surface area contributed by atoms with Gasteiger partial charge in [-0.2, -0.15) is 0 Å². The number of hydrogen-bond donors (Lipinski definition) is 1. The van der Waals surface area contributed by atoms with Gasteiger partial charge in [-0.3, -0.25) is 4.79 Å². The number of carbonyl (C=O) groups is 1. The molecule has 1 aromatic carbocycles. The van der Waals surface area contributed by atoms with Gasteiger partial charge in [-0.1, -0.05) is 17.3 Å². The minimum atomic E-state index is -0.408. The predicted octanol–water partition coefficient (Wildman–Crippen LogP) is 3.80. The number of anilines is 1. The summed E-state index contributed by atoms with van der Waals surface area (Å²) in [5, 5.41) is 10.9. The molecule has 0 saturated carbocycles. The van der Waals surface area contributed by atoms with E-state index < -0.39 is 6.29 Å². The van der Waals surface area contributed by atoms with E-state index in [0.717, 1.165) is 5.69 Å². The van der Waals surface area contributed by atoms with Crippen LogP contribution in [-0.2, 0) is 16.0 Å². The first kappa shape index (κ1) is 21.2. The highest BCUT2D eigenvalue weighted by Gasteiger charge is 2.18. The lowest BCUT2D eigenvalue weighted by Crippen LogP contribution is -2.24. The van der Waals surface area contributed by atoms with E-state index >= 15 is 0 Å². The Balaban J connectivity index is 1.61. The zero-order chi connectivity index (χ0) is 19.8. The van der Waals surface area contributed by atoms with E-state index in [2.05, 4.69) is 21.7 Å². The maximum absolute atomic E-state index is 12.6. The van der Waals surface area contributed by atoms with Crippen molar-refractivity contribution >= 4 is 35.1 Å². The summed E-state index contributed by atoms with van der Waals surface area (Å²) < 4.78 is 13.0. The van der Waals surface area contributed by atoms with Crippen molar-refractivity contribution in [2.24, 2.45) is 0 Å². The van der Waals surface area contributed by atoms with Crippen LogP contribution in [0.4, 0.5) is 5.69 Å². The molecule has 0 radical (unpaired) electrons. The van der Waals surface area contributed by atoms with Crippen molar-refractivity contribution in [2.75, 3.05) is 30.0 Å². The van der Waals surface area contributed by atoms with Gasteiger partial charge in [0.15, 0.2) is 12.0 Å². The van der Waals surface area contributed by atoms with Crippen LogP contribution in [0.25, 0.3) is 0 Å². The van der Waals surface area contributed by atoms with Crippen LogP contribution in [-0.4, -0.2) is 51.9 Å². The smallest absolute Gasteiger partial charge is 0.277 e. The van der Waals surface area contributed by atoms with Crippen molar-refractivity contribution in [3.8, 4) is 0 Å². The number of amides is 1. The second kappa shape index (κ2) is 10.8. The molecule has 1 aliphatic rings. The van der Waals surface area contributed by atoms with Gasteiger partial charge in [0, 0.05) is 18.9 Å². The lowest BCUT2D eigenvalue weighted by Gasteiger charge is -2.21. The summed E-state index contributed by atoms with van der Waals surface area (Å²) in [4.78, 5) is 12.6. The Hall–Kier alpha value is -1.55. The second-order valence-electron chi connectivity index (χ2n) is 6.17. The first-order valence-electron chi connectivity index (χ1n) is 9.47. The molecule has 9 heteroatoms. The molecule has 2 heterocycles. The monoisotopic (exact) mass is 422 g/mol. The molecule has 0 aliphatic carbocycles. The molecule has 152 valence electrons. The van der Waals surface area contributed by atoms with Crippen LogP contribution in [0.5, 0.6) is 0 Å². The lowest BCUT2D eigenvalue weighted by molar-refractivity contribution is -0.145. The van der Waals surface area contributed by atoms with E-state index in [4.69, 9.17) is 9.47 Å². The van der Waals surface area contributed by atoms with E-state index in [1.54, 1.807) is 10.9 Å². The average molecular weight is 423 g/mol. The molecule has 0 spiro atoms. The standard InChI is InChI=1S/C19H26N4O3S2/c1-3-25-17(26-4-2)13-23-12-16(21-22-23)18(24)20-15-8-5-7-14(11-15)19-27-9-6-10-28-19/h5,7-8,11-12,17,19H,3-4,6,9-10,13H2,1-2H3,(H,20,24). The van der Waals surface area contributed by atoms with Gasteiger partial charge in [-0.25, -0.2) is 4.68 Å². The van der Waals surface area contributed by atoms with Gasteiger partial charge in [-0.05, 0) is 49.5 Å². The third-order valence-electron chi connectivity index (χ3n) is 4.06. The fourth-order valence-corrected chi connectivity index (χ4v) is 5.68.